The largest absolute Gasteiger partial charge is 0.211 e. The van der Waals surface area contributed by atoms with Crippen molar-refractivity contribution in [3.63, 3.8) is 0 Å². The summed E-state index contributed by atoms with van der Waals surface area (Å²) in [5.41, 5.74) is 2.57. The Morgan fingerprint density at radius 3 is 3.30 bits per heavy atom. The van der Waals surface area contributed by atoms with E-state index in [0.717, 1.165) is 0 Å². The van der Waals surface area contributed by atoms with E-state index in [1.54, 1.807) is 0 Å². The second-order valence-electron chi connectivity index (χ2n) is 2.16. The van der Waals surface area contributed by atoms with E-state index in [2.05, 4.69) is 31.1 Å². The summed E-state index contributed by atoms with van der Waals surface area (Å²) >= 11 is 0.00958. The van der Waals surface area contributed by atoms with Crippen molar-refractivity contribution in [3.05, 3.63) is 23.5 Å². The maximum Gasteiger partial charge on any atom is 0.0748 e. The summed E-state index contributed by atoms with van der Waals surface area (Å²) < 4.78 is 4.31. The molecule has 0 unspecified atom stereocenters. The molecule has 1 aliphatic rings. The first-order valence-corrected chi connectivity index (χ1v) is 5.27. The molecule has 0 atom stereocenters. The van der Waals surface area contributed by atoms with E-state index in [1.165, 1.54) is 11.3 Å². The molecule has 0 aromatic carbocycles. The molecule has 10 heavy (non-hydrogen) atoms. The minimum absolute atomic E-state index is 0.00958. The third-order valence-corrected chi connectivity index (χ3v) is 3.46. The second kappa shape index (κ2) is 2.30. The summed E-state index contributed by atoms with van der Waals surface area (Å²) in [6, 6.07) is 0. The van der Waals surface area contributed by atoms with Crippen molar-refractivity contribution in [3.8, 4) is 0 Å². The van der Waals surface area contributed by atoms with Crippen LogP contribution >= 0.6 is 21.0 Å². The van der Waals surface area contributed by atoms with E-state index in [9.17, 15) is 0 Å². The Kier molecular flexibility index (Phi) is 1.44. The van der Waals surface area contributed by atoms with Crippen LogP contribution < -0.4 is 0 Å². The fourth-order valence-corrected chi connectivity index (χ4v) is 2.70. The molecule has 0 saturated heterocycles. The SMILES string of the molecule is Cc1cnn2c1C=CC=I2. The lowest BCUT2D eigenvalue weighted by Crippen LogP contribution is -1.90. The lowest BCUT2D eigenvalue weighted by Gasteiger charge is -1.99. The van der Waals surface area contributed by atoms with Gasteiger partial charge in [0.2, 0.25) is 0 Å². The highest BCUT2D eigenvalue weighted by Crippen LogP contribution is 2.17. The number of allylic oxidation sites excluding steroid dienone is 1. The van der Waals surface area contributed by atoms with Gasteiger partial charge in [-0.2, -0.15) is 5.10 Å². The number of hydrogen-bond acceptors (Lipinski definition) is 1. The lowest BCUT2D eigenvalue weighted by molar-refractivity contribution is 1.04. The van der Waals surface area contributed by atoms with Crippen LogP contribution in [0.2, 0.25) is 0 Å². The van der Waals surface area contributed by atoms with Crippen LogP contribution in [0.1, 0.15) is 11.3 Å². The Hall–Kier alpha value is -0.450. The van der Waals surface area contributed by atoms with Gasteiger partial charge >= 0.3 is 0 Å². The van der Waals surface area contributed by atoms with E-state index in [4.69, 9.17) is 0 Å². The zero-order valence-corrected chi connectivity index (χ0v) is 7.74. The van der Waals surface area contributed by atoms with Crippen molar-refractivity contribution < 1.29 is 0 Å². The number of aromatic nitrogens is 2. The smallest absolute Gasteiger partial charge is 0.0748 e. The van der Waals surface area contributed by atoms with Crippen LogP contribution in [0, 0.1) is 6.92 Å². The highest BCUT2D eigenvalue weighted by molar-refractivity contribution is 14.2. The van der Waals surface area contributed by atoms with Gasteiger partial charge in [-0.25, -0.2) is 2.90 Å². The highest BCUT2D eigenvalue weighted by atomic mass is 127. The van der Waals surface area contributed by atoms with Gasteiger partial charge in [0.15, 0.2) is 0 Å². The molecule has 0 spiro atoms. The van der Waals surface area contributed by atoms with Crippen LogP contribution in [0.25, 0.3) is 6.08 Å². The quantitative estimate of drug-likeness (QED) is 0.638. The number of aryl methyl sites for hydroxylation is 1. The van der Waals surface area contributed by atoms with Crippen molar-refractivity contribution in [1.82, 2.24) is 7.99 Å². The molecule has 2 heterocycles. The molecule has 2 nitrogen and oxygen atoms in total. The van der Waals surface area contributed by atoms with E-state index >= 15 is 0 Å². The summed E-state index contributed by atoms with van der Waals surface area (Å²) in [5, 5.41) is 4.24. The number of rotatable bonds is 0. The minimum atomic E-state index is 0.00958. The van der Waals surface area contributed by atoms with E-state index in [1.807, 2.05) is 6.20 Å². The summed E-state index contributed by atoms with van der Waals surface area (Å²) in [6.07, 6.45) is 6.17. The zero-order chi connectivity index (χ0) is 6.97. The minimum Gasteiger partial charge on any atom is -0.211 e. The van der Waals surface area contributed by atoms with Gasteiger partial charge in [0.05, 0.1) is 11.9 Å². The van der Waals surface area contributed by atoms with Crippen LogP contribution in [0.5, 0.6) is 0 Å². The molecule has 52 valence electrons. The molecule has 0 radical (unpaired) electrons. The predicted octanol–water partition coefficient (Wildman–Crippen LogP) is 1.75. The molecular formula is C7H7IN2. The van der Waals surface area contributed by atoms with Gasteiger partial charge in [-0.15, -0.1) is 0 Å². The van der Waals surface area contributed by atoms with Crippen molar-refractivity contribution >= 4 is 31.1 Å². The van der Waals surface area contributed by atoms with Crippen molar-refractivity contribution in [2.75, 3.05) is 0 Å². The van der Waals surface area contributed by atoms with E-state index < -0.39 is 0 Å². The first kappa shape index (κ1) is 6.27. The third kappa shape index (κ3) is 0.847. The Bertz CT molecular complexity index is 309. The zero-order valence-electron chi connectivity index (χ0n) is 5.58. The van der Waals surface area contributed by atoms with Crippen molar-refractivity contribution in [1.29, 1.82) is 0 Å². The summed E-state index contributed by atoms with van der Waals surface area (Å²) in [4.78, 5) is 0. The van der Waals surface area contributed by atoms with Gasteiger partial charge < -0.3 is 0 Å². The monoisotopic (exact) mass is 246 g/mol. The molecule has 2 rings (SSSR count). The van der Waals surface area contributed by atoms with Gasteiger partial charge in [-0.1, -0.05) is 6.08 Å². The van der Waals surface area contributed by atoms with Gasteiger partial charge in [-0.05, 0) is 22.6 Å². The normalized spacial score (nSPS) is 14.5. The molecule has 1 aliphatic heterocycles. The highest BCUT2D eigenvalue weighted by Gasteiger charge is 2.02. The van der Waals surface area contributed by atoms with Gasteiger partial charge in [-0.3, -0.25) is 0 Å². The van der Waals surface area contributed by atoms with Crippen LogP contribution in [-0.4, -0.2) is 12.0 Å². The van der Waals surface area contributed by atoms with Crippen LogP contribution in [0.15, 0.2) is 12.3 Å². The molecule has 0 bridgehead atoms. The molecule has 0 aliphatic carbocycles. The van der Waals surface area contributed by atoms with Gasteiger partial charge in [0.1, 0.15) is 0 Å². The maximum absolute atomic E-state index is 4.24. The Labute approximate surface area is 69.7 Å². The Balaban J connectivity index is 2.69. The first-order valence-electron chi connectivity index (χ1n) is 3.06. The summed E-state index contributed by atoms with van der Waals surface area (Å²) in [5.74, 6) is 0. The topological polar surface area (TPSA) is 17.8 Å². The first-order chi connectivity index (χ1) is 4.88. The Morgan fingerprint density at radius 2 is 2.50 bits per heavy atom. The second-order valence-corrected chi connectivity index (χ2v) is 4.35. The van der Waals surface area contributed by atoms with E-state index in [0.29, 0.717) is 0 Å². The molecule has 0 fully saturated rings. The predicted molar refractivity (Wildman–Crippen MR) is 51.5 cm³/mol. The van der Waals surface area contributed by atoms with Crippen LogP contribution in [0.3, 0.4) is 0 Å². The lowest BCUT2D eigenvalue weighted by atomic mass is 10.3. The standard InChI is InChI=1S/C7H7IN2/c1-6-5-9-10-7(6)3-2-4-8-10/h2-5H,1H3. The molecule has 0 saturated carbocycles. The molecule has 3 heteroatoms. The number of nitrogens with zero attached hydrogens (tertiary/aromatic N) is 2. The van der Waals surface area contributed by atoms with Gasteiger partial charge in [0.25, 0.3) is 0 Å². The molecule has 1 aromatic rings. The van der Waals surface area contributed by atoms with Crippen LogP contribution in [0.4, 0.5) is 0 Å². The summed E-state index contributed by atoms with van der Waals surface area (Å²) in [6.45, 7) is 2.10. The third-order valence-electron chi connectivity index (χ3n) is 1.43. The number of hydrogen-bond donors (Lipinski definition) is 0. The maximum atomic E-state index is 4.24. The average Bonchev–Trinajstić information content (AvgIpc) is 2.34. The van der Waals surface area contributed by atoms with Gasteiger partial charge in [0, 0.05) is 21.0 Å². The fraction of sp³-hybridized carbons (Fsp3) is 0.143. The van der Waals surface area contributed by atoms with Crippen LogP contribution in [-0.2, 0) is 0 Å². The molecule has 0 N–H and O–H groups in total. The molecular weight excluding hydrogens is 239 g/mol. The molecule has 1 aromatic heterocycles. The fourth-order valence-electron chi connectivity index (χ4n) is 0.895. The summed E-state index contributed by atoms with van der Waals surface area (Å²) in [7, 11) is 0. The number of halogens is 1. The van der Waals surface area contributed by atoms with Crippen molar-refractivity contribution in [2.45, 2.75) is 6.92 Å². The number of fused-ring (bicyclic) bond motifs is 1. The Morgan fingerprint density at radius 1 is 1.60 bits per heavy atom. The average molecular weight is 246 g/mol. The molecule has 0 amide bonds. The van der Waals surface area contributed by atoms with Crippen molar-refractivity contribution in [2.24, 2.45) is 0 Å². The van der Waals surface area contributed by atoms with E-state index in [-0.39, 0.29) is 21.0 Å².